The topological polar surface area (TPSA) is 26.3 Å². The summed E-state index contributed by atoms with van der Waals surface area (Å²) in [6, 6.07) is 3.92. The molecule has 0 amide bonds. The van der Waals surface area contributed by atoms with Crippen LogP contribution in [0.25, 0.3) is 0 Å². The Balaban J connectivity index is 3.38. The minimum Gasteiger partial charge on any atom is -0.488 e. The Morgan fingerprint density at radius 2 is 2.00 bits per heavy atom. The van der Waals surface area contributed by atoms with Gasteiger partial charge in [-0.3, -0.25) is 4.79 Å². The van der Waals surface area contributed by atoms with Gasteiger partial charge in [0.2, 0.25) is 0 Å². The van der Waals surface area contributed by atoms with Gasteiger partial charge in [0, 0.05) is 5.56 Å². The molecular weight excluding hydrogens is 212 g/mol. The van der Waals surface area contributed by atoms with Crippen LogP contribution in [0.5, 0.6) is 5.75 Å². The molecule has 0 heterocycles. The van der Waals surface area contributed by atoms with Gasteiger partial charge in [0.15, 0.2) is 6.29 Å². The van der Waals surface area contributed by atoms with Crippen molar-refractivity contribution in [2.45, 2.75) is 33.1 Å². The summed E-state index contributed by atoms with van der Waals surface area (Å²) in [5.41, 5.74) is 2.68. The maximum Gasteiger partial charge on any atom is 0.153 e. The van der Waals surface area contributed by atoms with E-state index in [0.29, 0.717) is 17.9 Å². The molecule has 0 spiro atoms. The van der Waals surface area contributed by atoms with Crippen LogP contribution < -0.4 is 4.74 Å². The number of hydrogen-bond donors (Lipinski definition) is 0. The van der Waals surface area contributed by atoms with Gasteiger partial charge in [-0.25, -0.2) is 0 Å². The molecule has 1 aromatic carbocycles. The largest absolute Gasteiger partial charge is 0.488 e. The molecule has 0 saturated heterocycles. The molecule has 0 N–H and O–H groups in total. The summed E-state index contributed by atoms with van der Waals surface area (Å²) in [7, 11) is 0. The van der Waals surface area contributed by atoms with Crippen LogP contribution in [0, 0.1) is 6.92 Å². The Labute approximate surface area is 103 Å². The number of aryl methyl sites for hydroxylation is 1. The highest BCUT2D eigenvalue weighted by Gasteiger charge is 2.21. The number of hydrogen-bond acceptors (Lipinski definition) is 2. The van der Waals surface area contributed by atoms with Crippen molar-refractivity contribution in [1.29, 1.82) is 0 Å². The molecule has 92 valence electrons. The molecule has 0 unspecified atom stereocenters. The Morgan fingerprint density at radius 1 is 1.35 bits per heavy atom. The molecule has 1 rings (SSSR count). The summed E-state index contributed by atoms with van der Waals surface area (Å²) in [6.45, 7) is 12.3. The van der Waals surface area contributed by atoms with E-state index in [2.05, 4.69) is 33.4 Å². The summed E-state index contributed by atoms with van der Waals surface area (Å²) >= 11 is 0. The van der Waals surface area contributed by atoms with Crippen LogP contribution in [0.1, 0.15) is 42.3 Å². The first-order chi connectivity index (χ1) is 7.90. The van der Waals surface area contributed by atoms with Crippen LogP contribution >= 0.6 is 0 Å². The van der Waals surface area contributed by atoms with Crippen molar-refractivity contribution < 1.29 is 9.53 Å². The van der Waals surface area contributed by atoms with Crippen LogP contribution in [0.3, 0.4) is 0 Å². The predicted octanol–water partition coefficient (Wildman–Crippen LogP) is 3.67. The van der Waals surface area contributed by atoms with Gasteiger partial charge in [-0.2, -0.15) is 0 Å². The van der Waals surface area contributed by atoms with Crippen LogP contribution in [-0.4, -0.2) is 12.9 Å². The Bertz CT molecular complexity index is 425. The lowest BCUT2D eigenvalue weighted by atomic mass is 9.84. The lowest BCUT2D eigenvalue weighted by Crippen LogP contribution is -2.15. The van der Waals surface area contributed by atoms with E-state index in [1.165, 1.54) is 0 Å². The van der Waals surface area contributed by atoms with Crippen molar-refractivity contribution in [2.24, 2.45) is 0 Å². The zero-order chi connectivity index (χ0) is 13.1. The van der Waals surface area contributed by atoms with Crippen LogP contribution in [0.4, 0.5) is 0 Å². The standard InChI is InChI=1S/C15H20O2/c1-6-7-17-14-12(10-16)8-11(2)9-13(14)15(3,4)5/h6,8-10H,1,7H2,2-5H3. The van der Waals surface area contributed by atoms with Crippen molar-refractivity contribution in [1.82, 2.24) is 0 Å². The molecule has 0 aromatic heterocycles. The Morgan fingerprint density at radius 3 is 2.47 bits per heavy atom. The third-order valence-corrected chi connectivity index (χ3v) is 2.54. The summed E-state index contributed by atoms with van der Waals surface area (Å²) in [5.74, 6) is 0.679. The first kappa shape index (κ1) is 13.5. The maximum absolute atomic E-state index is 11.1. The minimum absolute atomic E-state index is 0.0553. The Hall–Kier alpha value is -1.57. The second-order valence-corrected chi connectivity index (χ2v) is 5.20. The van der Waals surface area contributed by atoms with E-state index in [-0.39, 0.29) is 5.41 Å². The quantitative estimate of drug-likeness (QED) is 0.585. The fourth-order valence-corrected chi connectivity index (χ4v) is 1.75. The van der Waals surface area contributed by atoms with Gasteiger partial charge in [-0.1, -0.05) is 39.5 Å². The van der Waals surface area contributed by atoms with Crippen molar-refractivity contribution in [2.75, 3.05) is 6.61 Å². The van der Waals surface area contributed by atoms with Gasteiger partial charge < -0.3 is 4.74 Å². The highest BCUT2D eigenvalue weighted by molar-refractivity contribution is 5.81. The molecule has 0 aliphatic carbocycles. The average molecular weight is 232 g/mol. The van der Waals surface area contributed by atoms with E-state index in [4.69, 9.17) is 4.74 Å². The van der Waals surface area contributed by atoms with Gasteiger partial charge in [0.05, 0.1) is 5.56 Å². The van der Waals surface area contributed by atoms with E-state index in [1.807, 2.05) is 13.0 Å². The highest BCUT2D eigenvalue weighted by atomic mass is 16.5. The highest BCUT2D eigenvalue weighted by Crippen LogP contribution is 2.34. The van der Waals surface area contributed by atoms with Gasteiger partial charge in [0.25, 0.3) is 0 Å². The van der Waals surface area contributed by atoms with E-state index in [1.54, 1.807) is 6.08 Å². The first-order valence-corrected chi connectivity index (χ1v) is 5.74. The Kier molecular flexibility index (Phi) is 4.11. The van der Waals surface area contributed by atoms with E-state index >= 15 is 0 Å². The molecule has 0 saturated carbocycles. The van der Waals surface area contributed by atoms with Crippen LogP contribution in [0.2, 0.25) is 0 Å². The van der Waals surface area contributed by atoms with Crippen molar-refractivity contribution >= 4 is 6.29 Å². The fourth-order valence-electron chi connectivity index (χ4n) is 1.75. The number of ether oxygens (including phenoxy) is 1. The number of rotatable bonds is 4. The lowest BCUT2D eigenvalue weighted by Gasteiger charge is -2.24. The molecule has 0 fully saturated rings. The smallest absolute Gasteiger partial charge is 0.153 e. The minimum atomic E-state index is -0.0553. The van der Waals surface area contributed by atoms with E-state index in [0.717, 1.165) is 17.4 Å². The zero-order valence-electron chi connectivity index (χ0n) is 11.0. The monoisotopic (exact) mass is 232 g/mol. The second-order valence-electron chi connectivity index (χ2n) is 5.20. The summed E-state index contributed by atoms with van der Waals surface area (Å²) < 4.78 is 5.64. The summed E-state index contributed by atoms with van der Waals surface area (Å²) in [4.78, 5) is 11.1. The molecule has 0 aliphatic rings. The molecule has 0 radical (unpaired) electrons. The normalized spacial score (nSPS) is 11.1. The number of aldehydes is 1. The third-order valence-electron chi connectivity index (χ3n) is 2.54. The van der Waals surface area contributed by atoms with E-state index < -0.39 is 0 Å². The zero-order valence-corrected chi connectivity index (χ0v) is 11.0. The molecule has 2 nitrogen and oxygen atoms in total. The molecular formula is C15H20O2. The second kappa shape index (κ2) is 5.17. The van der Waals surface area contributed by atoms with Crippen LogP contribution in [0.15, 0.2) is 24.8 Å². The molecule has 2 heteroatoms. The summed E-state index contributed by atoms with van der Waals surface area (Å²) in [6.07, 6.45) is 2.53. The van der Waals surface area contributed by atoms with Gasteiger partial charge in [-0.05, 0) is 24.0 Å². The van der Waals surface area contributed by atoms with Gasteiger partial charge in [0.1, 0.15) is 12.4 Å². The molecule has 17 heavy (non-hydrogen) atoms. The molecule has 0 aliphatic heterocycles. The van der Waals surface area contributed by atoms with Crippen molar-refractivity contribution in [3.63, 3.8) is 0 Å². The maximum atomic E-state index is 11.1. The third kappa shape index (κ3) is 3.19. The lowest BCUT2D eigenvalue weighted by molar-refractivity contribution is 0.111. The number of carbonyl (C=O) groups excluding carboxylic acids is 1. The first-order valence-electron chi connectivity index (χ1n) is 5.74. The number of carbonyl (C=O) groups is 1. The van der Waals surface area contributed by atoms with Crippen molar-refractivity contribution in [3.05, 3.63) is 41.5 Å². The van der Waals surface area contributed by atoms with Gasteiger partial charge >= 0.3 is 0 Å². The SMILES string of the molecule is C=CCOc1c(C=O)cc(C)cc1C(C)(C)C. The number of benzene rings is 1. The van der Waals surface area contributed by atoms with Gasteiger partial charge in [-0.15, -0.1) is 0 Å². The molecule has 0 atom stereocenters. The predicted molar refractivity (Wildman–Crippen MR) is 71.0 cm³/mol. The van der Waals surface area contributed by atoms with Crippen molar-refractivity contribution in [3.8, 4) is 5.75 Å². The van der Waals surface area contributed by atoms with E-state index in [9.17, 15) is 4.79 Å². The summed E-state index contributed by atoms with van der Waals surface area (Å²) in [5, 5.41) is 0. The molecule has 0 bridgehead atoms. The van der Waals surface area contributed by atoms with Crippen LogP contribution in [-0.2, 0) is 5.41 Å². The average Bonchev–Trinajstić information content (AvgIpc) is 2.25. The molecule has 1 aromatic rings. The fraction of sp³-hybridized carbons (Fsp3) is 0.400.